The van der Waals surface area contributed by atoms with E-state index >= 15 is 0 Å². The Morgan fingerprint density at radius 3 is 3.10 bits per heavy atom. The summed E-state index contributed by atoms with van der Waals surface area (Å²) in [5, 5.41) is 3.79. The third-order valence-corrected chi connectivity index (χ3v) is 1.79. The summed E-state index contributed by atoms with van der Waals surface area (Å²) >= 11 is 1.54. The molecule has 0 spiro atoms. The highest BCUT2D eigenvalue weighted by Gasteiger charge is 2.01. The molecule has 0 fully saturated rings. The first-order chi connectivity index (χ1) is 4.83. The summed E-state index contributed by atoms with van der Waals surface area (Å²) in [6.07, 6.45) is 0.264. The van der Waals surface area contributed by atoms with Crippen LogP contribution >= 0.6 is 11.3 Å². The van der Waals surface area contributed by atoms with Crippen molar-refractivity contribution in [3.05, 3.63) is 22.4 Å². The number of rotatable bonds is 2. The molecule has 0 aliphatic carbocycles. The highest BCUT2D eigenvalue weighted by atomic mass is 32.1. The average molecular weight is 157 g/mol. The van der Waals surface area contributed by atoms with E-state index in [9.17, 15) is 4.79 Å². The Kier molecular flexibility index (Phi) is 2.42. The number of hydrogen-bond donors (Lipinski definition) is 1. The molecule has 10 heavy (non-hydrogen) atoms. The van der Waals surface area contributed by atoms with Crippen molar-refractivity contribution in [1.82, 2.24) is 0 Å². The van der Waals surface area contributed by atoms with Gasteiger partial charge in [-0.2, -0.15) is 17.2 Å². The van der Waals surface area contributed by atoms with Gasteiger partial charge in [0.15, 0.2) is 0 Å². The molecular formula is C6H7NO2S. The summed E-state index contributed by atoms with van der Waals surface area (Å²) in [7, 11) is 0. The normalized spacial score (nSPS) is 9.30. The highest BCUT2D eigenvalue weighted by Crippen LogP contribution is 2.06. The second kappa shape index (κ2) is 3.34. The molecule has 4 heteroatoms. The molecule has 2 N–H and O–H groups in total. The van der Waals surface area contributed by atoms with Gasteiger partial charge in [-0.15, -0.1) is 0 Å². The van der Waals surface area contributed by atoms with Crippen LogP contribution in [0.25, 0.3) is 0 Å². The average Bonchev–Trinajstić information content (AvgIpc) is 2.40. The van der Waals surface area contributed by atoms with Crippen molar-refractivity contribution in [3.63, 3.8) is 0 Å². The fourth-order valence-electron chi connectivity index (χ4n) is 0.602. The molecule has 1 aromatic rings. The molecule has 0 amide bonds. The molecule has 0 aromatic carbocycles. The van der Waals surface area contributed by atoms with Crippen molar-refractivity contribution < 1.29 is 9.63 Å². The molecule has 3 nitrogen and oxygen atoms in total. The molecule has 0 bridgehead atoms. The van der Waals surface area contributed by atoms with Gasteiger partial charge in [0.25, 0.3) is 0 Å². The predicted molar refractivity (Wildman–Crippen MR) is 38.3 cm³/mol. The van der Waals surface area contributed by atoms with Gasteiger partial charge in [0.2, 0.25) is 0 Å². The third-order valence-electron chi connectivity index (χ3n) is 1.06. The van der Waals surface area contributed by atoms with Gasteiger partial charge in [-0.3, -0.25) is 4.79 Å². The Morgan fingerprint density at radius 1 is 1.80 bits per heavy atom. The Bertz CT molecular complexity index is 208. The molecule has 0 aliphatic heterocycles. The number of hydrogen-bond acceptors (Lipinski definition) is 4. The monoisotopic (exact) mass is 157 g/mol. The van der Waals surface area contributed by atoms with E-state index in [0.29, 0.717) is 0 Å². The summed E-state index contributed by atoms with van der Waals surface area (Å²) < 4.78 is 0. The molecule has 0 radical (unpaired) electrons. The summed E-state index contributed by atoms with van der Waals surface area (Å²) in [6.45, 7) is 0. The predicted octanol–water partition coefficient (Wildman–Crippen LogP) is 0.707. The minimum Gasteiger partial charge on any atom is -0.373 e. The van der Waals surface area contributed by atoms with Crippen LogP contribution in [0.2, 0.25) is 0 Å². The molecule has 1 aromatic heterocycles. The lowest BCUT2D eigenvalue weighted by molar-refractivity contribution is -0.143. The van der Waals surface area contributed by atoms with Gasteiger partial charge in [0.05, 0.1) is 6.42 Å². The molecule has 0 saturated carbocycles. The van der Waals surface area contributed by atoms with E-state index < -0.39 is 5.97 Å². The maximum Gasteiger partial charge on any atom is 0.328 e. The molecule has 0 unspecified atom stereocenters. The molecular weight excluding hydrogens is 150 g/mol. The van der Waals surface area contributed by atoms with Gasteiger partial charge >= 0.3 is 5.97 Å². The largest absolute Gasteiger partial charge is 0.373 e. The number of carbonyl (C=O) groups is 1. The van der Waals surface area contributed by atoms with E-state index in [1.165, 1.54) is 0 Å². The van der Waals surface area contributed by atoms with E-state index in [2.05, 4.69) is 10.7 Å². The summed E-state index contributed by atoms with van der Waals surface area (Å²) in [4.78, 5) is 14.5. The van der Waals surface area contributed by atoms with E-state index in [4.69, 9.17) is 0 Å². The zero-order chi connectivity index (χ0) is 7.40. The SMILES string of the molecule is NOC(=O)Cc1ccsc1. The van der Waals surface area contributed by atoms with E-state index in [0.717, 1.165) is 5.56 Å². The van der Waals surface area contributed by atoms with Crippen LogP contribution in [0.5, 0.6) is 0 Å². The Hall–Kier alpha value is -0.870. The summed E-state index contributed by atoms with van der Waals surface area (Å²) in [6, 6.07) is 1.86. The Morgan fingerprint density at radius 2 is 2.60 bits per heavy atom. The van der Waals surface area contributed by atoms with Crippen LogP contribution in [-0.4, -0.2) is 5.97 Å². The first-order valence-corrected chi connectivity index (χ1v) is 3.68. The first kappa shape index (κ1) is 7.24. The zero-order valence-electron chi connectivity index (χ0n) is 5.24. The van der Waals surface area contributed by atoms with Crippen LogP contribution in [-0.2, 0) is 16.1 Å². The van der Waals surface area contributed by atoms with E-state index in [-0.39, 0.29) is 6.42 Å². The Labute approximate surface area is 62.4 Å². The van der Waals surface area contributed by atoms with E-state index in [1.54, 1.807) is 11.3 Å². The third kappa shape index (κ3) is 1.82. The number of nitrogens with two attached hydrogens (primary N) is 1. The zero-order valence-corrected chi connectivity index (χ0v) is 6.06. The number of thiophene rings is 1. The van der Waals surface area contributed by atoms with Gasteiger partial charge in [0.1, 0.15) is 0 Å². The van der Waals surface area contributed by atoms with Gasteiger partial charge in [0, 0.05) is 0 Å². The van der Waals surface area contributed by atoms with Crippen molar-refractivity contribution >= 4 is 17.3 Å². The molecule has 0 aliphatic rings. The summed E-state index contributed by atoms with van der Waals surface area (Å²) in [5.74, 6) is 4.24. The van der Waals surface area contributed by atoms with Crippen LogP contribution in [0.4, 0.5) is 0 Å². The lowest BCUT2D eigenvalue weighted by Crippen LogP contribution is -2.11. The lowest BCUT2D eigenvalue weighted by atomic mass is 10.2. The topological polar surface area (TPSA) is 52.3 Å². The van der Waals surface area contributed by atoms with Gasteiger partial charge < -0.3 is 4.84 Å². The fraction of sp³-hybridized carbons (Fsp3) is 0.167. The maximum atomic E-state index is 10.5. The van der Waals surface area contributed by atoms with Crippen LogP contribution in [0.3, 0.4) is 0 Å². The van der Waals surface area contributed by atoms with Crippen molar-refractivity contribution in [1.29, 1.82) is 0 Å². The van der Waals surface area contributed by atoms with Gasteiger partial charge in [-0.25, -0.2) is 0 Å². The van der Waals surface area contributed by atoms with Crippen molar-refractivity contribution in [2.24, 2.45) is 5.90 Å². The molecule has 0 saturated heterocycles. The standard InChI is InChI=1S/C6H7NO2S/c7-9-6(8)3-5-1-2-10-4-5/h1-2,4H,3,7H2. The van der Waals surface area contributed by atoms with Crippen LogP contribution in [0.15, 0.2) is 16.8 Å². The second-order valence-electron chi connectivity index (χ2n) is 1.80. The lowest BCUT2D eigenvalue weighted by Gasteiger charge is -1.92. The molecule has 1 heterocycles. The molecule has 1 rings (SSSR count). The molecule has 54 valence electrons. The van der Waals surface area contributed by atoms with E-state index in [1.807, 2.05) is 16.8 Å². The fourth-order valence-corrected chi connectivity index (χ4v) is 1.27. The number of carbonyl (C=O) groups excluding carboxylic acids is 1. The van der Waals surface area contributed by atoms with Crippen molar-refractivity contribution in [2.45, 2.75) is 6.42 Å². The maximum absolute atomic E-state index is 10.5. The molecule has 0 atom stereocenters. The van der Waals surface area contributed by atoms with Gasteiger partial charge in [-0.05, 0) is 22.4 Å². The quantitative estimate of drug-likeness (QED) is 0.643. The van der Waals surface area contributed by atoms with Crippen LogP contribution in [0, 0.1) is 0 Å². The minimum atomic E-state index is -0.404. The van der Waals surface area contributed by atoms with Crippen LogP contribution < -0.4 is 5.90 Å². The first-order valence-electron chi connectivity index (χ1n) is 2.73. The smallest absolute Gasteiger partial charge is 0.328 e. The van der Waals surface area contributed by atoms with Crippen molar-refractivity contribution in [2.75, 3.05) is 0 Å². The summed E-state index contributed by atoms with van der Waals surface area (Å²) in [5.41, 5.74) is 0.945. The van der Waals surface area contributed by atoms with Gasteiger partial charge in [-0.1, -0.05) is 0 Å². The second-order valence-corrected chi connectivity index (χ2v) is 2.58. The highest BCUT2D eigenvalue weighted by molar-refractivity contribution is 7.07. The Balaban J connectivity index is 2.48. The van der Waals surface area contributed by atoms with Crippen LogP contribution in [0.1, 0.15) is 5.56 Å². The minimum absolute atomic E-state index is 0.264. The van der Waals surface area contributed by atoms with Crippen molar-refractivity contribution in [3.8, 4) is 0 Å².